The first-order chi connectivity index (χ1) is 15.7. The number of benzene rings is 3. The summed E-state index contributed by atoms with van der Waals surface area (Å²) in [5.41, 5.74) is 1.91. The molecule has 0 aliphatic rings. The number of ether oxygens (including phenoxy) is 4. The second kappa shape index (κ2) is 10.2. The van der Waals surface area contributed by atoms with Crippen LogP contribution in [0.5, 0.6) is 28.9 Å². The summed E-state index contributed by atoms with van der Waals surface area (Å²) in [7, 11) is 3.19. The number of hydrogen-bond donors (Lipinski definition) is 0. The summed E-state index contributed by atoms with van der Waals surface area (Å²) in [5.74, 6) is 4.12. The third kappa shape index (κ3) is 5.23. The molecule has 3 aromatic carbocycles. The van der Waals surface area contributed by atoms with Gasteiger partial charge in [0.05, 0.1) is 31.7 Å². The van der Waals surface area contributed by atoms with Gasteiger partial charge in [-0.2, -0.15) is 0 Å². The molecule has 6 nitrogen and oxygen atoms in total. The maximum atomic E-state index is 6.03. The van der Waals surface area contributed by atoms with Gasteiger partial charge in [-0.05, 0) is 55.0 Å². The SMILES string of the molecule is COc1cc2ncnc(Oc3ccc(SCCOc4cccc(C)c4)cc3)c2cc1OC. The topological polar surface area (TPSA) is 62.7 Å². The molecule has 7 heteroatoms. The molecule has 0 bridgehead atoms. The molecule has 1 aromatic heterocycles. The lowest BCUT2D eigenvalue weighted by Gasteiger charge is -2.11. The van der Waals surface area contributed by atoms with Crippen molar-refractivity contribution in [2.45, 2.75) is 11.8 Å². The van der Waals surface area contributed by atoms with Crippen molar-refractivity contribution in [2.75, 3.05) is 26.6 Å². The minimum atomic E-state index is 0.461. The molecule has 0 N–H and O–H groups in total. The molecule has 0 saturated carbocycles. The highest BCUT2D eigenvalue weighted by Crippen LogP contribution is 2.36. The molecule has 4 aromatic rings. The molecular weight excluding hydrogens is 424 g/mol. The minimum Gasteiger partial charge on any atom is -0.493 e. The van der Waals surface area contributed by atoms with Gasteiger partial charge in [-0.15, -0.1) is 11.8 Å². The van der Waals surface area contributed by atoms with Gasteiger partial charge in [0.15, 0.2) is 11.5 Å². The lowest BCUT2D eigenvalue weighted by atomic mass is 10.2. The number of aromatic nitrogens is 2. The number of methoxy groups -OCH3 is 2. The zero-order chi connectivity index (χ0) is 22.3. The first-order valence-corrected chi connectivity index (χ1v) is 11.1. The Morgan fingerprint density at radius 2 is 1.62 bits per heavy atom. The van der Waals surface area contributed by atoms with Crippen LogP contribution in [0, 0.1) is 6.92 Å². The van der Waals surface area contributed by atoms with E-state index in [9.17, 15) is 0 Å². The fraction of sp³-hybridized carbons (Fsp3) is 0.200. The molecule has 0 aliphatic carbocycles. The van der Waals surface area contributed by atoms with E-state index >= 15 is 0 Å². The van der Waals surface area contributed by atoms with Crippen LogP contribution in [-0.4, -0.2) is 36.5 Å². The molecule has 0 aliphatic heterocycles. The molecular formula is C25H24N2O4S. The third-order valence-corrected chi connectivity index (χ3v) is 5.73. The van der Waals surface area contributed by atoms with E-state index in [1.807, 2.05) is 48.5 Å². The summed E-state index contributed by atoms with van der Waals surface area (Å²) in [4.78, 5) is 9.75. The van der Waals surface area contributed by atoms with Crippen molar-refractivity contribution < 1.29 is 18.9 Å². The van der Waals surface area contributed by atoms with Crippen LogP contribution in [0.1, 0.15) is 5.56 Å². The number of hydrogen-bond acceptors (Lipinski definition) is 7. The van der Waals surface area contributed by atoms with Gasteiger partial charge in [-0.3, -0.25) is 0 Å². The molecule has 32 heavy (non-hydrogen) atoms. The lowest BCUT2D eigenvalue weighted by molar-refractivity contribution is 0.344. The van der Waals surface area contributed by atoms with Crippen molar-refractivity contribution in [3.63, 3.8) is 0 Å². The molecule has 0 amide bonds. The Balaban J connectivity index is 1.38. The van der Waals surface area contributed by atoms with Gasteiger partial charge in [0.2, 0.25) is 5.88 Å². The highest BCUT2D eigenvalue weighted by Gasteiger charge is 2.12. The van der Waals surface area contributed by atoms with Crippen LogP contribution in [0.4, 0.5) is 0 Å². The standard InChI is InChI=1S/C25H24N2O4S/c1-17-5-4-6-19(13-17)30-11-12-32-20-9-7-18(8-10-20)31-25-21-14-23(28-2)24(29-3)15-22(21)26-16-27-25/h4-10,13-16H,11-12H2,1-3H3. The van der Waals surface area contributed by atoms with Crippen LogP contribution in [0.15, 0.2) is 71.9 Å². The summed E-state index contributed by atoms with van der Waals surface area (Å²) < 4.78 is 22.6. The van der Waals surface area contributed by atoms with Crippen molar-refractivity contribution in [2.24, 2.45) is 0 Å². The van der Waals surface area contributed by atoms with Crippen LogP contribution in [-0.2, 0) is 0 Å². The molecule has 0 unspecified atom stereocenters. The van der Waals surface area contributed by atoms with Crippen molar-refractivity contribution in [3.8, 4) is 28.9 Å². The average molecular weight is 449 g/mol. The van der Waals surface area contributed by atoms with Gasteiger partial charge < -0.3 is 18.9 Å². The zero-order valence-electron chi connectivity index (χ0n) is 18.2. The Bertz CT molecular complexity index is 1200. The smallest absolute Gasteiger partial charge is 0.230 e. The maximum Gasteiger partial charge on any atom is 0.230 e. The second-order valence-corrected chi connectivity index (χ2v) is 8.16. The van der Waals surface area contributed by atoms with Crippen LogP contribution in [0.2, 0.25) is 0 Å². The van der Waals surface area contributed by atoms with Crippen molar-refractivity contribution in [3.05, 3.63) is 72.6 Å². The summed E-state index contributed by atoms with van der Waals surface area (Å²) in [6, 6.07) is 19.6. The minimum absolute atomic E-state index is 0.461. The largest absolute Gasteiger partial charge is 0.493 e. The average Bonchev–Trinajstić information content (AvgIpc) is 2.82. The van der Waals surface area contributed by atoms with Gasteiger partial charge in [0.25, 0.3) is 0 Å². The molecule has 1 heterocycles. The predicted molar refractivity (Wildman–Crippen MR) is 127 cm³/mol. The Hall–Kier alpha value is -3.45. The number of thioether (sulfide) groups is 1. The molecule has 0 saturated heterocycles. The van der Waals surface area contributed by atoms with Crippen molar-refractivity contribution in [1.82, 2.24) is 9.97 Å². The quantitative estimate of drug-likeness (QED) is 0.233. The number of aryl methyl sites for hydroxylation is 1. The second-order valence-electron chi connectivity index (χ2n) is 6.99. The summed E-state index contributed by atoms with van der Waals surface area (Å²) >= 11 is 1.73. The Morgan fingerprint density at radius 1 is 0.844 bits per heavy atom. The fourth-order valence-corrected chi connectivity index (χ4v) is 3.91. The van der Waals surface area contributed by atoms with Gasteiger partial charge in [-0.1, -0.05) is 12.1 Å². The molecule has 0 fully saturated rings. The lowest BCUT2D eigenvalue weighted by Crippen LogP contribution is -2.00. The Labute approximate surface area is 191 Å². The van der Waals surface area contributed by atoms with Crippen LogP contribution in [0.25, 0.3) is 10.9 Å². The van der Waals surface area contributed by atoms with E-state index < -0.39 is 0 Å². The van der Waals surface area contributed by atoms with Crippen LogP contribution in [0.3, 0.4) is 0 Å². The summed E-state index contributed by atoms with van der Waals surface area (Å²) in [5, 5.41) is 0.747. The van der Waals surface area contributed by atoms with Crippen molar-refractivity contribution in [1.29, 1.82) is 0 Å². The van der Waals surface area contributed by atoms with E-state index in [0.717, 1.165) is 21.8 Å². The van der Waals surface area contributed by atoms with E-state index in [-0.39, 0.29) is 0 Å². The highest BCUT2D eigenvalue weighted by atomic mass is 32.2. The third-order valence-electron chi connectivity index (χ3n) is 4.75. The maximum absolute atomic E-state index is 6.03. The van der Waals surface area contributed by atoms with Gasteiger partial charge in [-0.25, -0.2) is 9.97 Å². The van der Waals surface area contributed by atoms with Gasteiger partial charge in [0, 0.05) is 16.7 Å². The summed E-state index contributed by atoms with van der Waals surface area (Å²) in [6.45, 7) is 2.70. The van der Waals surface area contributed by atoms with Gasteiger partial charge in [0.1, 0.15) is 17.8 Å². The normalized spacial score (nSPS) is 10.7. The van der Waals surface area contributed by atoms with E-state index in [4.69, 9.17) is 18.9 Å². The first kappa shape index (κ1) is 21.8. The van der Waals surface area contributed by atoms with E-state index in [2.05, 4.69) is 23.0 Å². The van der Waals surface area contributed by atoms with Crippen molar-refractivity contribution >= 4 is 22.7 Å². The van der Waals surface area contributed by atoms with E-state index in [1.54, 1.807) is 32.0 Å². The Morgan fingerprint density at radius 3 is 2.38 bits per heavy atom. The predicted octanol–water partition coefficient (Wildman–Crippen LogP) is 5.92. The molecule has 0 radical (unpaired) electrons. The number of rotatable bonds is 9. The Kier molecular flexibility index (Phi) is 6.97. The van der Waals surface area contributed by atoms with Crippen LogP contribution >= 0.6 is 11.8 Å². The first-order valence-electron chi connectivity index (χ1n) is 10.1. The molecule has 4 rings (SSSR count). The molecule has 0 spiro atoms. The summed E-state index contributed by atoms with van der Waals surface area (Å²) in [6.07, 6.45) is 1.47. The highest BCUT2D eigenvalue weighted by molar-refractivity contribution is 7.99. The number of fused-ring (bicyclic) bond motifs is 1. The molecule has 0 atom stereocenters. The molecule has 164 valence electrons. The van der Waals surface area contributed by atoms with Crippen LogP contribution < -0.4 is 18.9 Å². The van der Waals surface area contributed by atoms with E-state index in [1.165, 1.54) is 11.9 Å². The fourth-order valence-electron chi connectivity index (χ4n) is 3.18. The monoisotopic (exact) mass is 448 g/mol. The van der Waals surface area contributed by atoms with E-state index in [0.29, 0.717) is 35.3 Å². The zero-order valence-corrected chi connectivity index (χ0v) is 19.0. The van der Waals surface area contributed by atoms with Gasteiger partial charge >= 0.3 is 0 Å². The number of nitrogens with zero attached hydrogens (tertiary/aromatic N) is 2.